The van der Waals surface area contributed by atoms with Crippen LogP contribution in [0.3, 0.4) is 0 Å². The second kappa shape index (κ2) is 7.54. The van der Waals surface area contributed by atoms with Crippen molar-refractivity contribution in [2.24, 2.45) is 5.92 Å². The largest absolute Gasteiger partial charge is 0.393 e. The number of rotatable bonds is 4. The van der Waals surface area contributed by atoms with E-state index in [1.807, 2.05) is 0 Å². The number of carbonyl (C=O) groups is 1. The van der Waals surface area contributed by atoms with E-state index in [0.717, 1.165) is 18.9 Å². The Morgan fingerprint density at radius 1 is 1.32 bits per heavy atom. The van der Waals surface area contributed by atoms with Gasteiger partial charge in [-0.15, -0.1) is 0 Å². The van der Waals surface area contributed by atoms with Crippen molar-refractivity contribution in [3.8, 4) is 0 Å². The van der Waals surface area contributed by atoms with Crippen molar-refractivity contribution < 1.29 is 18.7 Å². The molecule has 4 nitrogen and oxygen atoms in total. The molecule has 2 rings (SSSR count). The smallest absolute Gasteiger partial charge is 0.317 e. The lowest BCUT2D eigenvalue weighted by Crippen LogP contribution is -2.46. The highest BCUT2D eigenvalue weighted by molar-refractivity contribution is 5.74. The van der Waals surface area contributed by atoms with Crippen molar-refractivity contribution in [3.05, 3.63) is 35.4 Å². The lowest BCUT2D eigenvalue weighted by Gasteiger charge is -2.33. The summed E-state index contributed by atoms with van der Waals surface area (Å²) in [6, 6.07) is 3.20. The van der Waals surface area contributed by atoms with E-state index < -0.39 is 11.6 Å². The molecule has 1 fully saturated rings. The summed E-state index contributed by atoms with van der Waals surface area (Å²) in [6.45, 7) is 3.35. The molecule has 122 valence electrons. The first-order valence-corrected chi connectivity index (χ1v) is 7.61. The van der Waals surface area contributed by atoms with Gasteiger partial charge in [0.05, 0.1) is 6.10 Å². The first-order valence-electron chi connectivity index (χ1n) is 7.61. The van der Waals surface area contributed by atoms with Gasteiger partial charge in [-0.3, -0.25) is 0 Å². The fraction of sp³-hybridized carbons (Fsp3) is 0.562. The molecule has 1 aromatic carbocycles. The molecular formula is C16H22F2N2O2. The van der Waals surface area contributed by atoms with E-state index in [0.29, 0.717) is 31.6 Å². The first kappa shape index (κ1) is 16.7. The van der Waals surface area contributed by atoms with Crippen molar-refractivity contribution >= 4 is 6.03 Å². The lowest BCUT2D eigenvalue weighted by molar-refractivity contribution is 0.0799. The summed E-state index contributed by atoms with van der Waals surface area (Å²) in [6.07, 6.45) is 1.62. The number of urea groups is 1. The van der Waals surface area contributed by atoms with E-state index in [-0.39, 0.29) is 18.1 Å². The van der Waals surface area contributed by atoms with Crippen LogP contribution in [0.15, 0.2) is 18.2 Å². The SMILES string of the molecule is CC(O)C1CCN(C(=O)NCCc2cc(F)cc(F)c2)CC1. The predicted octanol–water partition coefficient (Wildman–Crippen LogP) is 2.31. The van der Waals surface area contributed by atoms with Crippen molar-refractivity contribution in [1.29, 1.82) is 0 Å². The molecule has 0 bridgehead atoms. The number of aliphatic hydroxyl groups excluding tert-OH is 1. The van der Waals surface area contributed by atoms with Gasteiger partial charge in [0.25, 0.3) is 0 Å². The first-order chi connectivity index (χ1) is 10.5. The number of amides is 2. The van der Waals surface area contributed by atoms with Crippen LogP contribution in [0.2, 0.25) is 0 Å². The zero-order valence-electron chi connectivity index (χ0n) is 12.7. The van der Waals surface area contributed by atoms with E-state index >= 15 is 0 Å². The van der Waals surface area contributed by atoms with Gasteiger partial charge >= 0.3 is 6.03 Å². The predicted molar refractivity (Wildman–Crippen MR) is 79.4 cm³/mol. The third-order valence-corrected chi connectivity index (χ3v) is 4.12. The average molecular weight is 312 g/mol. The highest BCUT2D eigenvalue weighted by Gasteiger charge is 2.25. The summed E-state index contributed by atoms with van der Waals surface area (Å²) in [5.41, 5.74) is 0.519. The second-order valence-corrected chi connectivity index (χ2v) is 5.82. The van der Waals surface area contributed by atoms with Gasteiger partial charge in [-0.25, -0.2) is 13.6 Å². The molecule has 0 radical (unpaired) electrons. The van der Waals surface area contributed by atoms with E-state index in [9.17, 15) is 18.7 Å². The van der Waals surface area contributed by atoms with Gasteiger partial charge in [0.1, 0.15) is 11.6 Å². The van der Waals surface area contributed by atoms with Gasteiger partial charge in [-0.2, -0.15) is 0 Å². The number of nitrogens with one attached hydrogen (secondary N) is 1. The van der Waals surface area contributed by atoms with Crippen LogP contribution < -0.4 is 5.32 Å². The molecule has 6 heteroatoms. The maximum Gasteiger partial charge on any atom is 0.317 e. The number of aliphatic hydroxyl groups is 1. The Hall–Kier alpha value is -1.69. The highest BCUT2D eigenvalue weighted by Crippen LogP contribution is 2.20. The Balaban J connectivity index is 1.74. The second-order valence-electron chi connectivity index (χ2n) is 5.82. The van der Waals surface area contributed by atoms with Crippen molar-refractivity contribution in [3.63, 3.8) is 0 Å². The molecule has 0 aromatic heterocycles. The van der Waals surface area contributed by atoms with Crippen LogP contribution in [0.1, 0.15) is 25.3 Å². The normalized spacial score (nSPS) is 17.4. The Morgan fingerprint density at radius 3 is 2.45 bits per heavy atom. The minimum atomic E-state index is -0.610. The summed E-state index contributed by atoms with van der Waals surface area (Å²) in [5, 5.41) is 12.3. The van der Waals surface area contributed by atoms with Crippen molar-refractivity contribution in [2.75, 3.05) is 19.6 Å². The maximum atomic E-state index is 13.1. The maximum absolute atomic E-state index is 13.1. The summed E-state index contributed by atoms with van der Waals surface area (Å²) in [7, 11) is 0. The molecule has 2 N–H and O–H groups in total. The Kier molecular flexibility index (Phi) is 5.71. The summed E-state index contributed by atoms with van der Waals surface area (Å²) >= 11 is 0. The average Bonchev–Trinajstić information content (AvgIpc) is 2.46. The van der Waals surface area contributed by atoms with Gasteiger partial charge in [-0.1, -0.05) is 0 Å². The molecule has 1 atom stereocenters. The molecule has 0 saturated carbocycles. The van der Waals surface area contributed by atoms with Crippen molar-refractivity contribution in [1.82, 2.24) is 10.2 Å². The van der Waals surface area contributed by atoms with E-state index in [1.54, 1.807) is 11.8 Å². The van der Waals surface area contributed by atoms with Crippen LogP contribution in [-0.2, 0) is 6.42 Å². The molecular weight excluding hydrogens is 290 g/mol. The van der Waals surface area contributed by atoms with Gasteiger partial charge < -0.3 is 15.3 Å². The monoisotopic (exact) mass is 312 g/mol. The van der Waals surface area contributed by atoms with Crippen LogP contribution in [0.4, 0.5) is 13.6 Å². The molecule has 1 aliphatic heterocycles. The minimum Gasteiger partial charge on any atom is -0.393 e. The summed E-state index contributed by atoms with van der Waals surface area (Å²) < 4.78 is 26.1. The standard InChI is InChI=1S/C16H22F2N2O2/c1-11(21)13-3-6-20(7-4-13)16(22)19-5-2-12-8-14(17)10-15(18)9-12/h8-11,13,21H,2-7H2,1H3,(H,19,22). The molecule has 1 aliphatic rings. The molecule has 22 heavy (non-hydrogen) atoms. The summed E-state index contributed by atoms with van der Waals surface area (Å²) in [5.74, 6) is -0.970. The fourth-order valence-corrected chi connectivity index (χ4v) is 2.77. The van der Waals surface area contributed by atoms with Gasteiger partial charge in [0.15, 0.2) is 0 Å². The summed E-state index contributed by atoms with van der Waals surface area (Å²) in [4.78, 5) is 13.7. The van der Waals surface area contributed by atoms with E-state index in [2.05, 4.69) is 5.32 Å². The minimum absolute atomic E-state index is 0.166. The van der Waals surface area contributed by atoms with Crippen LogP contribution >= 0.6 is 0 Å². The Bertz CT molecular complexity index is 495. The highest BCUT2D eigenvalue weighted by atomic mass is 19.1. The zero-order valence-corrected chi connectivity index (χ0v) is 12.7. The number of hydrogen-bond acceptors (Lipinski definition) is 2. The number of likely N-dealkylation sites (tertiary alicyclic amines) is 1. The molecule has 2 amide bonds. The molecule has 1 saturated heterocycles. The van der Waals surface area contributed by atoms with Crippen LogP contribution in [0.25, 0.3) is 0 Å². The topological polar surface area (TPSA) is 52.6 Å². The third kappa shape index (κ3) is 4.66. The fourth-order valence-electron chi connectivity index (χ4n) is 2.77. The number of carbonyl (C=O) groups excluding carboxylic acids is 1. The van der Waals surface area contributed by atoms with E-state index in [1.165, 1.54) is 12.1 Å². The third-order valence-electron chi connectivity index (χ3n) is 4.12. The van der Waals surface area contributed by atoms with Gasteiger partial charge in [0, 0.05) is 25.7 Å². The Labute approximate surface area is 129 Å². The number of hydrogen-bond donors (Lipinski definition) is 2. The zero-order chi connectivity index (χ0) is 16.1. The van der Waals surface area contributed by atoms with Crippen LogP contribution in [0.5, 0.6) is 0 Å². The van der Waals surface area contributed by atoms with E-state index in [4.69, 9.17) is 0 Å². The van der Waals surface area contributed by atoms with Crippen molar-refractivity contribution in [2.45, 2.75) is 32.3 Å². The van der Waals surface area contributed by atoms with Crippen LogP contribution in [0, 0.1) is 17.6 Å². The number of benzene rings is 1. The molecule has 1 unspecified atom stereocenters. The molecule has 1 aromatic rings. The molecule has 1 heterocycles. The quantitative estimate of drug-likeness (QED) is 0.896. The molecule has 0 aliphatic carbocycles. The molecule has 0 spiro atoms. The Morgan fingerprint density at radius 2 is 1.91 bits per heavy atom. The van der Waals surface area contributed by atoms with Gasteiger partial charge in [-0.05, 0) is 49.8 Å². The lowest BCUT2D eigenvalue weighted by atomic mass is 9.92. The number of halogens is 2. The number of nitrogens with zero attached hydrogens (tertiary/aromatic N) is 1. The van der Waals surface area contributed by atoms with Gasteiger partial charge in [0.2, 0.25) is 0 Å². The van der Waals surface area contributed by atoms with Crippen LogP contribution in [-0.4, -0.2) is 41.8 Å². The number of piperidine rings is 1.